The summed E-state index contributed by atoms with van der Waals surface area (Å²) >= 11 is 0. The Kier molecular flexibility index (Phi) is 2.92. The summed E-state index contributed by atoms with van der Waals surface area (Å²) in [6.45, 7) is 1.98. The second kappa shape index (κ2) is 3.78. The Morgan fingerprint density at radius 2 is 2.08 bits per heavy atom. The van der Waals surface area contributed by atoms with Gasteiger partial charge in [-0.1, -0.05) is 12.1 Å². The van der Waals surface area contributed by atoms with Gasteiger partial charge in [-0.25, -0.2) is 0 Å². The lowest BCUT2D eigenvalue weighted by Crippen LogP contribution is -1.80. The third-order valence-corrected chi connectivity index (χ3v) is 1.83. The van der Waals surface area contributed by atoms with Gasteiger partial charge in [0.2, 0.25) is 0 Å². The first-order valence-electron chi connectivity index (χ1n) is 3.82. The minimum absolute atomic E-state index is 0. The first-order valence-corrected chi connectivity index (χ1v) is 3.82. The summed E-state index contributed by atoms with van der Waals surface area (Å²) in [6.07, 6.45) is 1.75. The first kappa shape index (κ1) is 10.0. The standard InChI is InChI=1S/C10H9NO.Al.3H/c1-7-5-8-3-2-4-9(12)10(8)11-6-7;;;;/h2-6,12H,1H3;;;;. The number of pyridine rings is 1. The van der Waals surface area contributed by atoms with Gasteiger partial charge in [0.15, 0.2) is 17.4 Å². The molecule has 1 N–H and O–H groups in total. The fourth-order valence-electron chi connectivity index (χ4n) is 1.25. The molecule has 0 amide bonds. The Hall–Kier alpha value is -1.04. The molecule has 13 heavy (non-hydrogen) atoms. The van der Waals surface area contributed by atoms with Gasteiger partial charge < -0.3 is 5.11 Å². The molecule has 0 spiro atoms. The van der Waals surface area contributed by atoms with Crippen LogP contribution in [-0.4, -0.2) is 27.5 Å². The minimum atomic E-state index is 0. The van der Waals surface area contributed by atoms with Crippen LogP contribution in [0.2, 0.25) is 0 Å². The van der Waals surface area contributed by atoms with Crippen LogP contribution in [0.1, 0.15) is 5.56 Å². The average Bonchev–Trinajstić information content (AvgIpc) is 2.04. The van der Waals surface area contributed by atoms with Gasteiger partial charge in [0.1, 0.15) is 11.3 Å². The molecule has 0 saturated carbocycles. The lowest BCUT2D eigenvalue weighted by Gasteiger charge is -1.99. The Balaban J connectivity index is 0.000000845. The van der Waals surface area contributed by atoms with Crippen molar-refractivity contribution in [2.75, 3.05) is 0 Å². The number of rotatable bonds is 0. The molecule has 0 bridgehead atoms. The highest BCUT2D eigenvalue weighted by atomic mass is 27.0. The summed E-state index contributed by atoms with van der Waals surface area (Å²) in [4.78, 5) is 4.13. The molecule has 0 aliphatic carbocycles. The van der Waals surface area contributed by atoms with Crippen molar-refractivity contribution in [3.63, 3.8) is 0 Å². The predicted molar refractivity (Wildman–Crippen MR) is 58.1 cm³/mol. The number of benzene rings is 1. The number of aromatic hydroxyl groups is 1. The van der Waals surface area contributed by atoms with Crippen molar-refractivity contribution in [1.29, 1.82) is 0 Å². The van der Waals surface area contributed by atoms with Crippen molar-refractivity contribution in [3.8, 4) is 5.75 Å². The Morgan fingerprint density at radius 1 is 1.31 bits per heavy atom. The van der Waals surface area contributed by atoms with Crippen molar-refractivity contribution < 1.29 is 5.11 Å². The van der Waals surface area contributed by atoms with Crippen LogP contribution < -0.4 is 0 Å². The Bertz CT molecular complexity index is 428. The van der Waals surface area contributed by atoms with E-state index in [-0.39, 0.29) is 23.1 Å². The van der Waals surface area contributed by atoms with Gasteiger partial charge >= 0.3 is 0 Å². The van der Waals surface area contributed by atoms with Crippen molar-refractivity contribution in [3.05, 3.63) is 36.0 Å². The molecule has 66 valence electrons. The van der Waals surface area contributed by atoms with Crippen LogP contribution in [0.4, 0.5) is 0 Å². The zero-order valence-corrected chi connectivity index (χ0v) is 6.78. The third kappa shape index (κ3) is 1.83. The molecule has 0 saturated heterocycles. The third-order valence-electron chi connectivity index (χ3n) is 1.83. The van der Waals surface area contributed by atoms with Crippen molar-refractivity contribution in [2.24, 2.45) is 0 Å². The molecule has 2 nitrogen and oxygen atoms in total. The van der Waals surface area contributed by atoms with Crippen molar-refractivity contribution >= 4 is 28.3 Å². The normalized spacial score (nSPS) is 9.62. The van der Waals surface area contributed by atoms with E-state index in [1.807, 2.05) is 25.1 Å². The lowest BCUT2D eigenvalue weighted by molar-refractivity contribution is 0.480. The highest BCUT2D eigenvalue weighted by molar-refractivity contribution is 5.84. The Labute approximate surface area is 87.4 Å². The molecule has 3 heteroatoms. The van der Waals surface area contributed by atoms with E-state index in [9.17, 15) is 5.11 Å². The molecule has 2 aromatic rings. The number of aryl methyl sites for hydroxylation is 1. The number of hydrogen-bond acceptors (Lipinski definition) is 2. The van der Waals surface area contributed by atoms with Crippen LogP contribution in [0.3, 0.4) is 0 Å². The van der Waals surface area contributed by atoms with Crippen LogP contribution in [0.25, 0.3) is 10.9 Å². The van der Waals surface area contributed by atoms with Gasteiger partial charge in [0, 0.05) is 11.6 Å². The zero-order valence-electron chi connectivity index (χ0n) is 6.78. The molecule has 0 aliphatic heterocycles. The molecular weight excluding hydrogens is 177 g/mol. The van der Waals surface area contributed by atoms with E-state index in [2.05, 4.69) is 4.98 Å². The molecule has 0 aliphatic rings. The van der Waals surface area contributed by atoms with Crippen LogP contribution in [0.5, 0.6) is 5.75 Å². The summed E-state index contributed by atoms with van der Waals surface area (Å²) in [5, 5.41) is 10.4. The quantitative estimate of drug-likeness (QED) is 0.629. The second-order valence-corrected chi connectivity index (χ2v) is 2.86. The fraction of sp³-hybridized carbons (Fsp3) is 0.100. The van der Waals surface area contributed by atoms with E-state index < -0.39 is 0 Å². The van der Waals surface area contributed by atoms with E-state index >= 15 is 0 Å². The van der Waals surface area contributed by atoms with Gasteiger partial charge in [-0.2, -0.15) is 0 Å². The highest BCUT2D eigenvalue weighted by Crippen LogP contribution is 2.21. The number of nitrogens with zero attached hydrogens (tertiary/aromatic N) is 1. The van der Waals surface area contributed by atoms with Crippen molar-refractivity contribution in [1.82, 2.24) is 4.98 Å². The SMILES string of the molecule is Cc1cnc2c(O)cccc2c1.[AlH3]. The number of hydrogen-bond donors (Lipinski definition) is 1. The minimum Gasteiger partial charge on any atom is -0.506 e. The van der Waals surface area contributed by atoms with Crippen molar-refractivity contribution in [2.45, 2.75) is 6.92 Å². The highest BCUT2D eigenvalue weighted by Gasteiger charge is 1.98. The smallest absolute Gasteiger partial charge is 0.187 e. The zero-order chi connectivity index (χ0) is 8.55. The van der Waals surface area contributed by atoms with Gasteiger partial charge in [0.05, 0.1) is 0 Å². The van der Waals surface area contributed by atoms with Crippen LogP contribution >= 0.6 is 0 Å². The van der Waals surface area contributed by atoms with Gasteiger partial charge in [0.25, 0.3) is 0 Å². The predicted octanol–water partition coefficient (Wildman–Crippen LogP) is 1.06. The number of fused-ring (bicyclic) bond motifs is 1. The maximum absolute atomic E-state index is 9.40. The Morgan fingerprint density at radius 3 is 2.85 bits per heavy atom. The summed E-state index contributed by atoms with van der Waals surface area (Å²) < 4.78 is 0. The average molecular weight is 189 g/mol. The second-order valence-electron chi connectivity index (χ2n) is 2.86. The molecule has 0 unspecified atom stereocenters. The lowest BCUT2D eigenvalue weighted by atomic mass is 10.2. The topological polar surface area (TPSA) is 33.1 Å². The van der Waals surface area contributed by atoms with Crippen LogP contribution in [0.15, 0.2) is 30.5 Å². The molecule has 1 heterocycles. The fourth-order valence-corrected chi connectivity index (χ4v) is 1.25. The summed E-state index contributed by atoms with van der Waals surface area (Å²) in [5.41, 5.74) is 1.77. The number of phenolic OH excluding ortho intramolecular Hbond substituents is 1. The van der Waals surface area contributed by atoms with E-state index in [0.717, 1.165) is 10.9 Å². The monoisotopic (exact) mass is 189 g/mol. The largest absolute Gasteiger partial charge is 0.506 e. The summed E-state index contributed by atoms with van der Waals surface area (Å²) in [5.74, 6) is 0.243. The first-order chi connectivity index (χ1) is 5.77. The van der Waals surface area contributed by atoms with E-state index in [0.29, 0.717) is 5.52 Å². The van der Waals surface area contributed by atoms with E-state index in [1.165, 1.54) is 0 Å². The molecule has 2 rings (SSSR count). The van der Waals surface area contributed by atoms with Gasteiger partial charge in [-0.05, 0) is 24.6 Å². The summed E-state index contributed by atoms with van der Waals surface area (Å²) in [7, 11) is 0. The molecular formula is C10H12AlNO. The molecule has 1 aromatic carbocycles. The maximum Gasteiger partial charge on any atom is 0.187 e. The molecule has 1 aromatic heterocycles. The molecule has 0 radical (unpaired) electrons. The summed E-state index contributed by atoms with van der Waals surface area (Å²) in [6, 6.07) is 7.40. The van der Waals surface area contributed by atoms with E-state index in [1.54, 1.807) is 12.3 Å². The van der Waals surface area contributed by atoms with Crippen LogP contribution in [-0.2, 0) is 0 Å². The number of para-hydroxylation sites is 1. The van der Waals surface area contributed by atoms with Gasteiger partial charge in [-0.3, -0.25) is 4.98 Å². The maximum atomic E-state index is 9.40. The van der Waals surface area contributed by atoms with Gasteiger partial charge in [-0.15, -0.1) is 0 Å². The number of aromatic nitrogens is 1. The number of phenols is 1. The molecule has 0 atom stereocenters. The van der Waals surface area contributed by atoms with Crippen LogP contribution in [0, 0.1) is 6.92 Å². The molecule has 0 fully saturated rings. The van der Waals surface area contributed by atoms with E-state index in [4.69, 9.17) is 0 Å².